The molecule has 9 rings (SSSR count). The average molecular weight is 902 g/mol. The molecule has 13 nitrogen and oxygen atoms in total. The average Bonchev–Trinajstić information content (AvgIpc) is 3.59. The minimum atomic E-state index is -0.767. The van der Waals surface area contributed by atoms with Gasteiger partial charge in [-0.15, -0.1) is 0 Å². The van der Waals surface area contributed by atoms with Crippen molar-refractivity contribution in [1.29, 1.82) is 0 Å². The number of nitrogens with zero attached hydrogens (tertiary/aromatic N) is 6. The first-order valence-corrected chi connectivity index (χ1v) is 22.8. The van der Waals surface area contributed by atoms with Crippen LogP contribution in [0.4, 0.5) is 19.0 Å². The lowest BCUT2D eigenvalue weighted by atomic mass is 9.85. The van der Waals surface area contributed by atoms with Crippen LogP contribution in [0.5, 0.6) is 5.75 Å². The Hall–Kier alpha value is -5.32. The molecule has 4 aromatic rings. The zero-order valence-electron chi connectivity index (χ0n) is 35.6. The van der Waals surface area contributed by atoms with Gasteiger partial charge < -0.3 is 29.1 Å². The molecule has 0 spiro atoms. The maximum absolute atomic E-state index is 16.5. The fourth-order valence-electron chi connectivity index (χ4n) is 9.87. The van der Waals surface area contributed by atoms with Gasteiger partial charge in [0, 0.05) is 55.7 Å². The Bertz CT molecular complexity index is 2460. The number of hydrogen-bond donors (Lipinski definition) is 1. The Balaban J connectivity index is 0.738. The van der Waals surface area contributed by atoms with Gasteiger partial charge in [-0.25, -0.2) is 23.1 Å². The zero-order chi connectivity index (χ0) is 44.5. The molecule has 1 aromatic heterocycles. The predicted octanol–water partition coefficient (Wildman–Crippen LogP) is 6.63. The van der Waals surface area contributed by atoms with E-state index in [2.05, 4.69) is 20.2 Å². The van der Waals surface area contributed by atoms with E-state index in [1.165, 1.54) is 29.4 Å². The van der Waals surface area contributed by atoms with Gasteiger partial charge in [-0.05, 0) is 99.1 Å². The van der Waals surface area contributed by atoms with Crippen LogP contribution in [0.1, 0.15) is 85.2 Å². The topological polar surface area (TPSA) is 138 Å². The van der Waals surface area contributed by atoms with Crippen molar-refractivity contribution in [3.05, 3.63) is 81.9 Å². The standard InChI is InChI=1S/C47H51ClF3N7O6/c48-35-23-33-43(52-27-53-44(33)56-16-18-57(19-17-56)46(61)29-25-63-26-29)42(51)40(35)41-36(50)7-6-8-38(41)64-20-5-3-1-2-4-13-55-14-11-28(12-15-55)31-21-30(49)22-32-34(31)24-58(47(32)62)37-9-10-39(59)54-45(37)60/h6-8,21-23,27-29,37H,1-5,9-20,24-26H2,(H,54,59,60). The molecule has 4 fully saturated rings. The maximum Gasteiger partial charge on any atom is 0.255 e. The Morgan fingerprint density at radius 1 is 0.891 bits per heavy atom. The SMILES string of the molecule is O=C1CCC(N2Cc3c(cc(F)cc3C3CCN(CCCCCCCOc4cccc(F)c4-c4c(Cl)cc5c(N6CCN(C(=O)C7COC7)CC6)ncnc5c4F)CC3)C2=O)C(=O)N1. The highest BCUT2D eigenvalue weighted by Crippen LogP contribution is 2.43. The Morgan fingerprint density at radius 3 is 2.41 bits per heavy atom. The Kier molecular flexibility index (Phi) is 13.1. The molecule has 0 saturated carbocycles. The number of hydrogen-bond acceptors (Lipinski definition) is 10. The van der Waals surface area contributed by atoms with Crippen molar-refractivity contribution in [3.63, 3.8) is 0 Å². The number of fused-ring (bicyclic) bond motifs is 2. The summed E-state index contributed by atoms with van der Waals surface area (Å²) in [4.78, 5) is 66.7. The first-order chi connectivity index (χ1) is 31.0. The fraction of sp³-hybridized carbons (Fsp3) is 0.489. The van der Waals surface area contributed by atoms with Gasteiger partial charge in [0.15, 0.2) is 5.82 Å². The van der Waals surface area contributed by atoms with Crippen LogP contribution < -0.4 is 15.0 Å². The number of nitrogens with one attached hydrogen (secondary N) is 1. The van der Waals surface area contributed by atoms with E-state index in [0.717, 1.165) is 75.7 Å². The highest BCUT2D eigenvalue weighted by molar-refractivity contribution is 6.34. The number of piperazine rings is 1. The first kappa shape index (κ1) is 43.9. The van der Waals surface area contributed by atoms with E-state index in [4.69, 9.17) is 21.1 Å². The van der Waals surface area contributed by atoms with E-state index >= 15 is 8.78 Å². The van der Waals surface area contributed by atoms with E-state index in [0.29, 0.717) is 62.8 Å². The lowest BCUT2D eigenvalue weighted by molar-refractivity contribution is -0.150. The van der Waals surface area contributed by atoms with Gasteiger partial charge in [0.05, 0.1) is 36.3 Å². The summed E-state index contributed by atoms with van der Waals surface area (Å²) < 4.78 is 58.1. The van der Waals surface area contributed by atoms with E-state index in [-0.39, 0.29) is 76.4 Å². The number of likely N-dealkylation sites (tertiary alicyclic amines) is 1. The van der Waals surface area contributed by atoms with Crippen LogP contribution in [0.15, 0.2) is 42.7 Å². The van der Waals surface area contributed by atoms with Crippen molar-refractivity contribution in [1.82, 2.24) is 30.0 Å². The number of anilines is 1. The number of imide groups is 1. The molecule has 5 aliphatic heterocycles. The van der Waals surface area contributed by atoms with Crippen molar-refractivity contribution in [3.8, 4) is 16.9 Å². The normalized spacial score (nSPS) is 19.9. The van der Waals surface area contributed by atoms with Gasteiger partial charge >= 0.3 is 0 Å². The van der Waals surface area contributed by atoms with Crippen LogP contribution in [0.25, 0.3) is 22.0 Å². The third-order valence-corrected chi connectivity index (χ3v) is 13.8. The monoisotopic (exact) mass is 901 g/mol. The summed E-state index contributed by atoms with van der Waals surface area (Å²) in [6, 6.07) is 8.03. The van der Waals surface area contributed by atoms with Gasteiger partial charge in [-0.1, -0.05) is 36.9 Å². The number of amides is 4. The quantitative estimate of drug-likeness (QED) is 0.109. The molecule has 1 N–H and O–H groups in total. The molecule has 17 heteroatoms. The minimum Gasteiger partial charge on any atom is -0.493 e. The van der Waals surface area contributed by atoms with Gasteiger partial charge in [0.1, 0.15) is 41.1 Å². The molecular formula is C47H51ClF3N7O6. The van der Waals surface area contributed by atoms with Crippen LogP contribution in [0, 0.1) is 23.4 Å². The first-order valence-electron chi connectivity index (χ1n) is 22.4. The molecule has 4 saturated heterocycles. The summed E-state index contributed by atoms with van der Waals surface area (Å²) in [5, 5.41) is 2.73. The summed E-state index contributed by atoms with van der Waals surface area (Å²) in [5.74, 6) is -2.30. The van der Waals surface area contributed by atoms with Crippen LogP contribution in [-0.2, 0) is 25.7 Å². The molecule has 338 valence electrons. The van der Waals surface area contributed by atoms with Gasteiger partial charge in [0.25, 0.3) is 5.91 Å². The number of aromatic nitrogens is 2. The fourth-order valence-corrected chi connectivity index (χ4v) is 10.2. The van der Waals surface area contributed by atoms with Crippen LogP contribution in [0.3, 0.4) is 0 Å². The van der Waals surface area contributed by atoms with Crippen molar-refractivity contribution in [2.75, 3.05) is 70.5 Å². The van der Waals surface area contributed by atoms with E-state index < -0.39 is 29.4 Å². The van der Waals surface area contributed by atoms with Gasteiger partial charge in [-0.2, -0.15) is 0 Å². The molecule has 0 bridgehead atoms. The van der Waals surface area contributed by atoms with Crippen LogP contribution in [-0.4, -0.2) is 120 Å². The third-order valence-electron chi connectivity index (χ3n) is 13.5. The molecule has 1 atom stereocenters. The van der Waals surface area contributed by atoms with Crippen molar-refractivity contribution in [2.24, 2.45) is 5.92 Å². The third kappa shape index (κ3) is 8.88. The zero-order valence-corrected chi connectivity index (χ0v) is 36.3. The molecule has 1 unspecified atom stereocenters. The van der Waals surface area contributed by atoms with Gasteiger partial charge in [-0.3, -0.25) is 24.5 Å². The van der Waals surface area contributed by atoms with Crippen molar-refractivity contribution in [2.45, 2.75) is 76.3 Å². The second kappa shape index (κ2) is 19.0. The number of halogens is 4. The molecule has 64 heavy (non-hydrogen) atoms. The number of unbranched alkanes of at least 4 members (excludes halogenated alkanes) is 4. The second-order valence-electron chi connectivity index (χ2n) is 17.5. The number of carbonyl (C=O) groups excluding carboxylic acids is 4. The Morgan fingerprint density at radius 2 is 1.66 bits per heavy atom. The van der Waals surface area contributed by atoms with E-state index in [1.807, 2.05) is 9.80 Å². The van der Waals surface area contributed by atoms with Crippen LogP contribution >= 0.6 is 11.6 Å². The molecule has 3 aromatic carbocycles. The highest BCUT2D eigenvalue weighted by atomic mass is 35.5. The minimum absolute atomic E-state index is 0.00588. The summed E-state index contributed by atoms with van der Waals surface area (Å²) in [7, 11) is 0. The summed E-state index contributed by atoms with van der Waals surface area (Å²) in [6.45, 7) is 6.11. The summed E-state index contributed by atoms with van der Waals surface area (Å²) in [6.07, 6.45) is 8.03. The number of carbonyl (C=O) groups is 4. The lowest BCUT2D eigenvalue weighted by Crippen LogP contribution is -2.53. The molecule has 6 heterocycles. The largest absolute Gasteiger partial charge is 0.493 e. The number of ether oxygens (including phenoxy) is 2. The lowest BCUT2D eigenvalue weighted by Gasteiger charge is -2.38. The van der Waals surface area contributed by atoms with Crippen molar-refractivity contribution >= 4 is 52.0 Å². The summed E-state index contributed by atoms with van der Waals surface area (Å²) in [5.41, 5.74) is 1.78. The van der Waals surface area contributed by atoms with E-state index in [1.54, 1.807) is 18.2 Å². The predicted molar refractivity (Wildman–Crippen MR) is 232 cm³/mol. The highest BCUT2D eigenvalue weighted by Gasteiger charge is 2.41. The smallest absolute Gasteiger partial charge is 0.255 e. The molecule has 4 amide bonds. The Labute approximate surface area is 374 Å². The molecule has 0 aliphatic carbocycles. The number of piperidine rings is 2. The van der Waals surface area contributed by atoms with E-state index in [9.17, 15) is 23.6 Å². The molecular weight excluding hydrogens is 851 g/mol. The number of rotatable bonds is 14. The number of benzene rings is 3. The summed E-state index contributed by atoms with van der Waals surface area (Å²) >= 11 is 6.76. The van der Waals surface area contributed by atoms with Gasteiger partial charge in [0.2, 0.25) is 17.7 Å². The maximum atomic E-state index is 16.5. The molecule has 5 aliphatic rings. The van der Waals surface area contributed by atoms with Crippen molar-refractivity contribution < 1.29 is 41.8 Å². The second-order valence-corrected chi connectivity index (χ2v) is 17.9. The van der Waals surface area contributed by atoms with Crippen LogP contribution in [0.2, 0.25) is 5.02 Å². The molecule has 0 radical (unpaired) electrons.